The first kappa shape index (κ1) is 16.7. The van der Waals surface area contributed by atoms with Gasteiger partial charge in [-0.3, -0.25) is 14.9 Å². The van der Waals surface area contributed by atoms with Crippen LogP contribution >= 0.6 is 0 Å². The molecule has 0 aliphatic heterocycles. The van der Waals surface area contributed by atoms with Crippen molar-refractivity contribution in [1.82, 2.24) is 4.98 Å². The largest absolute Gasteiger partial charge is 0.433 e. The molecule has 4 aromatic rings. The van der Waals surface area contributed by atoms with Gasteiger partial charge in [0.05, 0.1) is 21.7 Å². The number of nitro benzene ring substituents is 1. The van der Waals surface area contributed by atoms with E-state index in [0.717, 1.165) is 16.5 Å². The number of benzene rings is 2. The quantitative estimate of drug-likeness (QED) is 0.419. The average Bonchev–Trinajstić information content (AvgIpc) is 3.04. The van der Waals surface area contributed by atoms with E-state index >= 15 is 0 Å². The molecule has 7 nitrogen and oxygen atoms in total. The van der Waals surface area contributed by atoms with Gasteiger partial charge >= 0.3 is 0 Å². The number of carbonyl (C=O) groups is 1. The molecule has 2 aromatic carbocycles. The van der Waals surface area contributed by atoms with Gasteiger partial charge in [-0.1, -0.05) is 18.2 Å². The Balaban J connectivity index is 1.70. The van der Waals surface area contributed by atoms with Crippen LogP contribution in [0.2, 0.25) is 0 Å². The van der Waals surface area contributed by atoms with Gasteiger partial charge in [0.2, 0.25) is 5.71 Å². The number of pyridine rings is 1. The number of hydrogen-bond acceptors (Lipinski definition) is 5. The summed E-state index contributed by atoms with van der Waals surface area (Å²) in [6, 6.07) is 14.0. The van der Waals surface area contributed by atoms with Gasteiger partial charge in [-0.25, -0.2) is 4.98 Å². The van der Waals surface area contributed by atoms with E-state index in [2.05, 4.69) is 10.3 Å². The molecule has 0 aliphatic carbocycles. The minimum Gasteiger partial charge on any atom is -0.433 e. The van der Waals surface area contributed by atoms with Crippen molar-refractivity contribution in [3.63, 3.8) is 0 Å². The number of carbonyl (C=O) groups excluding carboxylic acids is 1. The number of furan rings is 1. The third-order valence-corrected chi connectivity index (χ3v) is 4.43. The second kappa shape index (κ2) is 6.21. The molecule has 0 aliphatic rings. The summed E-state index contributed by atoms with van der Waals surface area (Å²) >= 11 is 0. The van der Waals surface area contributed by atoms with Gasteiger partial charge in [-0.15, -0.1) is 0 Å². The zero-order chi connectivity index (χ0) is 19.1. The van der Waals surface area contributed by atoms with Crippen molar-refractivity contribution < 1.29 is 14.1 Å². The summed E-state index contributed by atoms with van der Waals surface area (Å²) in [7, 11) is 0. The molecule has 0 spiro atoms. The van der Waals surface area contributed by atoms with Crippen LogP contribution < -0.4 is 5.32 Å². The van der Waals surface area contributed by atoms with Crippen LogP contribution in [0.15, 0.2) is 52.9 Å². The van der Waals surface area contributed by atoms with Gasteiger partial charge in [0.15, 0.2) is 5.76 Å². The van der Waals surface area contributed by atoms with Gasteiger partial charge in [0.25, 0.3) is 11.6 Å². The highest BCUT2D eigenvalue weighted by atomic mass is 16.6. The lowest BCUT2D eigenvalue weighted by molar-refractivity contribution is -0.385. The van der Waals surface area contributed by atoms with Crippen molar-refractivity contribution in [3.8, 4) is 0 Å². The van der Waals surface area contributed by atoms with Gasteiger partial charge < -0.3 is 9.73 Å². The Morgan fingerprint density at radius 2 is 1.93 bits per heavy atom. The predicted octanol–water partition coefficient (Wildman–Crippen LogP) is 4.76. The smallest absolute Gasteiger partial charge is 0.291 e. The number of anilines is 1. The Morgan fingerprint density at radius 3 is 2.70 bits per heavy atom. The maximum atomic E-state index is 12.6. The summed E-state index contributed by atoms with van der Waals surface area (Å²) in [4.78, 5) is 27.6. The standard InChI is InChI=1S/C20H15N3O4/c1-11-6-7-13-9-14-10-18(27-20(14)22-16(13)8-11)19(24)21-15-4-3-5-17(12(15)2)23(25)26/h3-10H,1-2H3,(H,21,24). The Hall–Kier alpha value is -3.74. The molecular weight excluding hydrogens is 346 g/mol. The average molecular weight is 361 g/mol. The maximum Gasteiger partial charge on any atom is 0.291 e. The van der Waals surface area contributed by atoms with Gasteiger partial charge in [0.1, 0.15) is 0 Å². The molecular formula is C20H15N3O4. The molecule has 0 radical (unpaired) electrons. The van der Waals surface area contributed by atoms with Crippen LogP contribution in [0.4, 0.5) is 11.4 Å². The lowest BCUT2D eigenvalue weighted by atomic mass is 10.1. The normalized spacial score (nSPS) is 11.0. The lowest BCUT2D eigenvalue weighted by Gasteiger charge is -2.06. The summed E-state index contributed by atoms with van der Waals surface area (Å²) in [5.41, 5.74) is 2.93. The molecule has 0 fully saturated rings. The van der Waals surface area contributed by atoms with Crippen LogP contribution in [-0.4, -0.2) is 15.8 Å². The molecule has 1 amide bonds. The number of fused-ring (bicyclic) bond motifs is 2. The van der Waals surface area contributed by atoms with E-state index in [0.29, 0.717) is 22.4 Å². The van der Waals surface area contributed by atoms with Crippen LogP contribution in [0, 0.1) is 24.0 Å². The van der Waals surface area contributed by atoms with Crippen molar-refractivity contribution in [1.29, 1.82) is 0 Å². The second-order valence-electron chi connectivity index (χ2n) is 6.35. The second-order valence-corrected chi connectivity index (χ2v) is 6.35. The lowest BCUT2D eigenvalue weighted by Crippen LogP contribution is -2.12. The van der Waals surface area contributed by atoms with Crippen LogP contribution in [0.5, 0.6) is 0 Å². The zero-order valence-electron chi connectivity index (χ0n) is 14.6. The topological polar surface area (TPSA) is 98.3 Å². The monoisotopic (exact) mass is 361 g/mol. The van der Waals surface area contributed by atoms with E-state index in [9.17, 15) is 14.9 Å². The van der Waals surface area contributed by atoms with Gasteiger partial charge in [0, 0.05) is 16.8 Å². The molecule has 7 heteroatoms. The molecule has 4 rings (SSSR count). The Bertz CT molecular complexity index is 1230. The van der Waals surface area contributed by atoms with E-state index in [1.807, 2.05) is 31.2 Å². The van der Waals surface area contributed by atoms with E-state index in [1.165, 1.54) is 12.1 Å². The third-order valence-electron chi connectivity index (χ3n) is 4.43. The highest BCUT2D eigenvalue weighted by Crippen LogP contribution is 2.27. The molecule has 0 saturated carbocycles. The summed E-state index contributed by atoms with van der Waals surface area (Å²) in [5, 5.41) is 15.4. The Morgan fingerprint density at radius 1 is 1.11 bits per heavy atom. The summed E-state index contributed by atoms with van der Waals surface area (Å²) in [5.74, 6) is -0.396. The van der Waals surface area contributed by atoms with E-state index < -0.39 is 10.8 Å². The highest BCUT2D eigenvalue weighted by Gasteiger charge is 2.18. The van der Waals surface area contributed by atoms with Crippen LogP contribution in [-0.2, 0) is 0 Å². The van der Waals surface area contributed by atoms with Crippen molar-refractivity contribution in [2.45, 2.75) is 13.8 Å². The molecule has 2 aromatic heterocycles. The van der Waals surface area contributed by atoms with Gasteiger partial charge in [-0.2, -0.15) is 0 Å². The first-order valence-corrected chi connectivity index (χ1v) is 8.29. The van der Waals surface area contributed by atoms with Crippen LogP contribution in [0.1, 0.15) is 21.7 Å². The molecule has 27 heavy (non-hydrogen) atoms. The number of hydrogen-bond donors (Lipinski definition) is 1. The number of nitrogens with zero attached hydrogens (tertiary/aromatic N) is 2. The number of aromatic nitrogens is 1. The van der Waals surface area contributed by atoms with E-state index in [4.69, 9.17) is 4.42 Å². The Kier molecular flexibility index (Phi) is 3.84. The first-order chi connectivity index (χ1) is 12.9. The van der Waals surface area contributed by atoms with Crippen LogP contribution in [0.3, 0.4) is 0 Å². The minimum atomic E-state index is -0.489. The maximum absolute atomic E-state index is 12.6. The molecule has 2 heterocycles. The third kappa shape index (κ3) is 2.99. The minimum absolute atomic E-state index is 0.0549. The zero-order valence-corrected chi connectivity index (χ0v) is 14.6. The fraction of sp³-hybridized carbons (Fsp3) is 0.100. The summed E-state index contributed by atoms with van der Waals surface area (Å²) in [6.45, 7) is 3.57. The fourth-order valence-electron chi connectivity index (χ4n) is 2.99. The van der Waals surface area contributed by atoms with Crippen molar-refractivity contribution in [2.24, 2.45) is 0 Å². The number of nitrogens with one attached hydrogen (secondary N) is 1. The molecule has 134 valence electrons. The Labute approximate surface area is 153 Å². The summed E-state index contributed by atoms with van der Waals surface area (Å²) < 4.78 is 5.61. The van der Waals surface area contributed by atoms with E-state index in [1.54, 1.807) is 19.1 Å². The van der Waals surface area contributed by atoms with Crippen molar-refractivity contribution >= 4 is 39.3 Å². The number of rotatable bonds is 3. The summed E-state index contributed by atoms with van der Waals surface area (Å²) in [6.07, 6.45) is 0. The fourth-order valence-corrected chi connectivity index (χ4v) is 2.99. The number of nitro groups is 1. The number of amides is 1. The SMILES string of the molecule is Cc1ccc2cc3cc(C(=O)Nc4cccc([N+](=O)[O-])c4C)oc3nc2c1. The van der Waals surface area contributed by atoms with E-state index in [-0.39, 0.29) is 11.4 Å². The molecule has 0 unspecified atom stereocenters. The predicted molar refractivity (Wildman–Crippen MR) is 102 cm³/mol. The van der Waals surface area contributed by atoms with Crippen LogP contribution in [0.25, 0.3) is 22.0 Å². The van der Waals surface area contributed by atoms with Gasteiger partial charge in [-0.05, 0) is 43.7 Å². The number of aryl methyl sites for hydroxylation is 1. The molecule has 0 atom stereocenters. The highest BCUT2D eigenvalue weighted by molar-refractivity contribution is 6.05. The molecule has 1 N–H and O–H groups in total. The van der Waals surface area contributed by atoms with Crippen molar-refractivity contribution in [3.05, 3.63) is 75.5 Å². The molecule has 0 saturated heterocycles. The van der Waals surface area contributed by atoms with Crippen molar-refractivity contribution in [2.75, 3.05) is 5.32 Å². The first-order valence-electron chi connectivity index (χ1n) is 8.29. The molecule has 0 bridgehead atoms.